The quantitative estimate of drug-likeness (QED) is 0.454. The molecular formula is C22H19BrFN5O. The normalized spacial score (nSPS) is 10.9. The van der Waals surface area contributed by atoms with Crippen LogP contribution in [0, 0.1) is 19.7 Å². The predicted molar refractivity (Wildman–Crippen MR) is 116 cm³/mol. The van der Waals surface area contributed by atoms with Crippen LogP contribution in [0.2, 0.25) is 0 Å². The van der Waals surface area contributed by atoms with Crippen LogP contribution in [0.5, 0.6) is 0 Å². The fourth-order valence-electron chi connectivity index (χ4n) is 3.30. The Bertz CT molecular complexity index is 1200. The molecule has 0 aliphatic carbocycles. The van der Waals surface area contributed by atoms with E-state index in [4.69, 9.17) is 0 Å². The number of aromatic nitrogens is 4. The molecule has 0 bridgehead atoms. The average Bonchev–Trinajstić information content (AvgIpc) is 3.22. The number of rotatable bonds is 5. The van der Waals surface area contributed by atoms with Crippen LogP contribution in [0.3, 0.4) is 0 Å². The van der Waals surface area contributed by atoms with Gasteiger partial charge < -0.3 is 5.32 Å². The molecule has 0 aliphatic rings. The van der Waals surface area contributed by atoms with Crippen LogP contribution in [0.15, 0.2) is 65.3 Å². The topological polar surface area (TPSA) is 64.7 Å². The van der Waals surface area contributed by atoms with Crippen LogP contribution in [0.25, 0.3) is 5.69 Å². The number of halogens is 2. The number of carbonyl (C=O) groups is 1. The molecule has 0 spiro atoms. The van der Waals surface area contributed by atoms with Gasteiger partial charge in [-0.3, -0.25) is 9.48 Å². The van der Waals surface area contributed by atoms with Gasteiger partial charge >= 0.3 is 0 Å². The standard InChI is InChI=1S/C22H19BrFN5O/c1-14-20(15(2)29(26-14)18-6-4-3-5-7-18)22(30)25-21-19(23)13-28(27-21)12-16-8-10-17(24)11-9-16/h3-11,13H,12H2,1-2H3,(H,25,27,30). The van der Waals surface area contributed by atoms with Gasteiger partial charge in [-0.2, -0.15) is 10.2 Å². The van der Waals surface area contributed by atoms with E-state index in [2.05, 4.69) is 31.4 Å². The van der Waals surface area contributed by atoms with Gasteiger partial charge in [-0.15, -0.1) is 0 Å². The first-order valence-electron chi connectivity index (χ1n) is 9.33. The lowest BCUT2D eigenvalue weighted by molar-refractivity contribution is 0.102. The minimum atomic E-state index is -0.282. The molecule has 4 rings (SSSR count). The third-order valence-electron chi connectivity index (χ3n) is 4.73. The van der Waals surface area contributed by atoms with E-state index >= 15 is 0 Å². The number of amides is 1. The second-order valence-corrected chi connectivity index (χ2v) is 7.75. The summed E-state index contributed by atoms with van der Waals surface area (Å²) in [6.07, 6.45) is 1.77. The number of nitrogens with zero attached hydrogens (tertiary/aromatic N) is 4. The molecule has 0 unspecified atom stereocenters. The Labute approximate surface area is 181 Å². The lowest BCUT2D eigenvalue weighted by atomic mass is 10.2. The van der Waals surface area contributed by atoms with Gasteiger partial charge in [0.15, 0.2) is 5.82 Å². The van der Waals surface area contributed by atoms with Gasteiger partial charge in [0, 0.05) is 6.20 Å². The summed E-state index contributed by atoms with van der Waals surface area (Å²) in [5.74, 6) is -0.150. The van der Waals surface area contributed by atoms with Crippen LogP contribution >= 0.6 is 15.9 Å². The van der Waals surface area contributed by atoms with Gasteiger partial charge in [0.05, 0.1) is 33.7 Å². The summed E-state index contributed by atoms with van der Waals surface area (Å²) in [4.78, 5) is 13.0. The lowest BCUT2D eigenvalue weighted by Gasteiger charge is -2.06. The van der Waals surface area contributed by atoms with E-state index in [0.717, 1.165) is 16.9 Å². The monoisotopic (exact) mass is 467 g/mol. The van der Waals surface area contributed by atoms with E-state index in [1.807, 2.05) is 44.2 Å². The molecule has 0 aliphatic heterocycles. The Hall–Kier alpha value is -3.26. The van der Waals surface area contributed by atoms with Crippen molar-refractivity contribution in [2.45, 2.75) is 20.4 Å². The summed E-state index contributed by atoms with van der Waals surface area (Å²) >= 11 is 3.44. The molecule has 0 saturated carbocycles. The van der Waals surface area contributed by atoms with E-state index in [1.165, 1.54) is 12.1 Å². The lowest BCUT2D eigenvalue weighted by Crippen LogP contribution is -2.15. The highest BCUT2D eigenvalue weighted by atomic mass is 79.9. The second kappa shape index (κ2) is 8.23. The summed E-state index contributed by atoms with van der Waals surface area (Å²) < 4.78 is 17.2. The van der Waals surface area contributed by atoms with Crippen LogP contribution in [0.1, 0.15) is 27.3 Å². The van der Waals surface area contributed by atoms with Gasteiger partial charge in [-0.25, -0.2) is 9.07 Å². The highest BCUT2D eigenvalue weighted by Crippen LogP contribution is 2.24. The number of hydrogen-bond donors (Lipinski definition) is 1. The summed E-state index contributed by atoms with van der Waals surface area (Å²) in [7, 11) is 0. The van der Waals surface area contributed by atoms with Crippen molar-refractivity contribution >= 4 is 27.7 Å². The molecule has 0 radical (unpaired) electrons. The van der Waals surface area contributed by atoms with Crippen molar-refractivity contribution in [3.8, 4) is 5.69 Å². The Morgan fingerprint density at radius 1 is 1.07 bits per heavy atom. The Kier molecular flexibility index (Phi) is 5.50. The molecule has 30 heavy (non-hydrogen) atoms. The van der Waals surface area contributed by atoms with Crippen LogP contribution in [0.4, 0.5) is 10.2 Å². The van der Waals surface area contributed by atoms with Gasteiger partial charge in [-0.05, 0) is 59.6 Å². The number of para-hydroxylation sites is 1. The molecule has 152 valence electrons. The molecule has 1 amide bonds. The number of benzene rings is 2. The molecule has 2 heterocycles. The molecule has 0 saturated heterocycles. The fraction of sp³-hybridized carbons (Fsp3) is 0.136. The molecular weight excluding hydrogens is 449 g/mol. The number of aryl methyl sites for hydroxylation is 1. The summed E-state index contributed by atoms with van der Waals surface area (Å²) in [6.45, 7) is 4.13. The number of carbonyl (C=O) groups excluding carboxylic acids is 1. The van der Waals surface area contributed by atoms with E-state index in [9.17, 15) is 9.18 Å². The maximum Gasteiger partial charge on any atom is 0.260 e. The SMILES string of the molecule is Cc1nn(-c2ccccc2)c(C)c1C(=O)Nc1nn(Cc2ccc(F)cc2)cc1Br. The van der Waals surface area contributed by atoms with Crippen molar-refractivity contribution in [1.82, 2.24) is 19.6 Å². The number of nitrogens with one attached hydrogen (secondary N) is 1. The Morgan fingerprint density at radius 2 is 1.77 bits per heavy atom. The second-order valence-electron chi connectivity index (χ2n) is 6.90. The summed E-state index contributed by atoms with van der Waals surface area (Å²) in [5.41, 5.74) is 3.69. The van der Waals surface area contributed by atoms with Crippen molar-refractivity contribution in [3.63, 3.8) is 0 Å². The fourth-order valence-corrected chi connectivity index (χ4v) is 3.72. The van der Waals surface area contributed by atoms with Crippen molar-refractivity contribution in [2.24, 2.45) is 0 Å². The third-order valence-corrected chi connectivity index (χ3v) is 5.31. The number of anilines is 1. The smallest absolute Gasteiger partial charge is 0.260 e. The van der Waals surface area contributed by atoms with Crippen molar-refractivity contribution in [1.29, 1.82) is 0 Å². The van der Waals surface area contributed by atoms with Gasteiger partial charge in [0.1, 0.15) is 5.82 Å². The molecule has 2 aromatic carbocycles. The minimum absolute atomic E-state index is 0.278. The zero-order valence-corrected chi connectivity index (χ0v) is 18.0. The van der Waals surface area contributed by atoms with Gasteiger partial charge in [-0.1, -0.05) is 30.3 Å². The first kappa shape index (κ1) is 20.0. The van der Waals surface area contributed by atoms with E-state index < -0.39 is 0 Å². The molecule has 0 fully saturated rings. The minimum Gasteiger partial charge on any atom is -0.304 e. The molecule has 2 aromatic heterocycles. The predicted octanol–water partition coefficient (Wildman–Crippen LogP) is 4.89. The van der Waals surface area contributed by atoms with Gasteiger partial charge in [0.2, 0.25) is 0 Å². The average molecular weight is 468 g/mol. The molecule has 6 nitrogen and oxygen atoms in total. The number of hydrogen-bond acceptors (Lipinski definition) is 3. The first-order chi connectivity index (χ1) is 14.4. The highest BCUT2D eigenvalue weighted by molar-refractivity contribution is 9.10. The Balaban J connectivity index is 1.55. The summed E-state index contributed by atoms with van der Waals surface area (Å²) in [6, 6.07) is 15.9. The van der Waals surface area contributed by atoms with Crippen molar-refractivity contribution in [2.75, 3.05) is 5.32 Å². The summed E-state index contributed by atoms with van der Waals surface area (Å²) in [5, 5.41) is 11.8. The van der Waals surface area contributed by atoms with Crippen LogP contribution in [-0.4, -0.2) is 25.5 Å². The van der Waals surface area contributed by atoms with Gasteiger partial charge in [0.25, 0.3) is 5.91 Å². The maximum atomic E-state index is 13.1. The van der Waals surface area contributed by atoms with Crippen LogP contribution < -0.4 is 5.32 Å². The largest absolute Gasteiger partial charge is 0.304 e. The van der Waals surface area contributed by atoms with Crippen molar-refractivity contribution < 1.29 is 9.18 Å². The van der Waals surface area contributed by atoms with E-state index in [-0.39, 0.29) is 11.7 Å². The maximum absolute atomic E-state index is 13.1. The first-order valence-corrected chi connectivity index (χ1v) is 10.1. The molecule has 0 atom stereocenters. The Morgan fingerprint density at radius 3 is 2.47 bits per heavy atom. The third kappa shape index (κ3) is 4.04. The van der Waals surface area contributed by atoms with E-state index in [0.29, 0.717) is 28.1 Å². The van der Waals surface area contributed by atoms with Crippen molar-refractivity contribution in [3.05, 3.63) is 93.6 Å². The molecule has 8 heteroatoms. The molecule has 4 aromatic rings. The molecule has 1 N–H and O–H groups in total. The van der Waals surface area contributed by atoms with Crippen LogP contribution in [-0.2, 0) is 6.54 Å². The zero-order valence-electron chi connectivity index (χ0n) is 16.4. The zero-order chi connectivity index (χ0) is 21.3. The highest BCUT2D eigenvalue weighted by Gasteiger charge is 2.21. The van der Waals surface area contributed by atoms with E-state index in [1.54, 1.807) is 27.7 Å².